The number of hydrogen-bond donors (Lipinski definition) is 3. The SMILES string of the molecule is CC(C)[C@H](NC(N)=O)C(=O)NCCc1ccc2c(c1)OCCO2. The maximum atomic E-state index is 12.1. The first-order chi connectivity index (χ1) is 11.0. The van der Waals surface area contributed by atoms with Crippen LogP contribution in [0.1, 0.15) is 19.4 Å². The van der Waals surface area contributed by atoms with Crippen molar-refractivity contribution in [3.8, 4) is 11.5 Å². The molecule has 2 rings (SSSR count). The zero-order valence-corrected chi connectivity index (χ0v) is 13.4. The van der Waals surface area contributed by atoms with E-state index in [1.165, 1.54) is 0 Å². The number of carbonyl (C=O) groups excluding carboxylic acids is 2. The fourth-order valence-electron chi connectivity index (χ4n) is 2.37. The van der Waals surface area contributed by atoms with Crippen molar-refractivity contribution in [2.45, 2.75) is 26.3 Å². The van der Waals surface area contributed by atoms with Gasteiger partial charge in [0.05, 0.1) is 0 Å². The molecule has 1 aromatic carbocycles. The molecule has 0 unspecified atom stereocenters. The maximum Gasteiger partial charge on any atom is 0.312 e. The maximum absolute atomic E-state index is 12.1. The molecule has 23 heavy (non-hydrogen) atoms. The van der Waals surface area contributed by atoms with E-state index in [4.69, 9.17) is 15.2 Å². The van der Waals surface area contributed by atoms with E-state index < -0.39 is 12.1 Å². The number of benzene rings is 1. The van der Waals surface area contributed by atoms with E-state index in [0.717, 1.165) is 17.1 Å². The third-order valence-corrected chi connectivity index (χ3v) is 3.57. The van der Waals surface area contributed by atoms with E-state index in [-0.39, 0.29) is 11.8 Å². The lowest BCUT2D eigenvalue weighted by molar-refractivity contribution is -0.123. The molecule has 4 N–H and O–H groups in total. The van der Waals surface area contributed by atoms with Gasteiger partial charge in [-0.15, -0.1) is 0 Å². The first kappa shape index (κ1) is 16.9. The van der Waals surface area contributed by atoms with Crippen LogP contribution in [-0.2, 0) is 11.2 Å². The minimum atomic E-state index is -0.703. The number of primary amides is 1. The summed E-state index contributed by atoms with van der Waals surface area (Å²) < 4.78 is 11.0. The Balaban J connectivity index is 1.86. The van der Waals surface area contributed by atoms with Crippen LogP contribution in [0.5, 0.6) is 11.5 Å². The second-order valence-corrected chi connectivity index (χ2v) is 5.75. The number of ether oxygens (including phenoxy) is 2. The molecule has 1 aromatic rings. The Morgan fingerprint density at radius 1 is 1.22 bits per heavy atom. The van der Waals surface area contributed by atoms with Crippen LogP contribution in [0.4, 0.5) is 4.79 Å². The summed E-state index contributed by atoms with van der Waals surface area (Å²) in [7, 11) is 0. The predicted molar refractivity (Wildman–Crippen MR) is 85.5 cm³/mol. The van der Waals surface area contributed by atoms with Gasteiger partial charge in [-0.1, -0.05) is 19.9 Å². The molecule has 1 atom stereocenters. The lowest BCUT2D eigenvalue weighted by Gasteiger charge is -2.21. The van der Waals surface area contributed by atoms with Crippen LogP contribution < -0.4 is 25.8 Å². The monoisotopic (exact) mass is 321 g/mol. The van der Waals surface area contributed by atoms with E-state index in [1.807, 2.05) is 32.0 Å². The molecule has 0 saturated heterocycles. The lowest BCUT2D eigenvalue weighted by atomic mass is 10.0. The number of urea groups is 1. The summed E-state index contributed by atoms with van der Waals surface area (Å²) in [5.41, 5.74) is 6.14. The third kappa shape index (κ3) is 4.77. The van der Waals surface area contributed by atoms with Crippen LogP contribution in [0.2, 0.25) is 0 Å². The Labute approximate surface area is 135 Å². The summed E-state index contributed by atoms with van der Waals surface area (Å²) >= 11 is 0. The fourth-order valence-corrected chi connectivity index (χ4v) is 2.37. The van der Waals surface area contributed by atoms with E-state index in [1.54, 1.807) is 0 Å². The molecule has 0 aromatic heterocycles. The second kappa shape index (κ2) is 7.71. The van der Waals surface area contributed by atoms with Gasteiger partial charge in [-0.25, -0.2) is 4.79 Å². The minimum absolute atomic E-state index is 0.0446. The fraction of sp³-hybridized carbons (Fsp3) is 0.500. The normalized spacial score (nSPS) is 14.2. The Morgan fingerprint density at radius 2 is 1.91 bits per heavy atom. The number of amides is 3. The summed E-state index contributed by atoms with van der Waals surface area (Å²) in [5, 5.41) is 5.28. The molecule has 1 heterocycles. The number of carbonyl (C=O) groups is 2. The molecule has 0 aliphatic carbocycles. The molecule has 7 heteroatoms. The van der Waals surface area contributed by atoms with Gasteiger partial charge in [0.2, 0.25) is 5.91 Å². The molecule has 0 fully saturated rings. The molecular formula is C16H23N3O4. The van der Waals surface area contributed by atoms with Crippen molar-refractivity contribution < 1.29 is 19.1 Å². The van der Waals surface area contributed by atoms with Crippen molar-refractivity contribution in [3.05, 3.63) is 23.8 Å². The van der Waals surface area contributed by atoms with Crippen molar-refractivity contribution >= 4 is 11.9 Å². The highest BCUT2D eigenvalue weighted by Crippen LogP contribution is 2.30. The van der Waals surface area contributed by atoms with E-state index in [0.29, 0.717) is 26.2 Å². The highest BCUT2D eigenvalue weighted by Gasteiger charge is 2.22. The highest BCUT2D eigenvalue weighted by molar-refractivity contribution is 5.86. The van der Waals surface area contributed by atoms with Gasteiger partial charge < -0.3 is 25.8 Å². The summed E-state index contributed by atoms with van der Waals surface area (Å²) in [6, 6.07) is 4.40. The Kier molecular flexibility index (Phi) is 5.67. The quantitative estimate of drug-likeness (QED) is 0.721. The molecule has 1 aliphatic rings. The van der Waals surface area contributed by atoms with Crippen molar-refractivity contribution in [1.29, 1.82) is 0 Å². The van der Waals surface area contributed by atoms with Gasteiger partial charge in [-0.2, -0.15) is 0 Å². The number of rotatable bonds is 6. The Bertz CT molecular complexity index is 574. The highest BCUT2D eigenvalue weighted by atomic mass is 16.6. The van der Waals surface area contributed by atoms with Crippen LogP contribution in [-0.4, -0.2) is 37.7 Å². The molecule has 0 saturated carbocycles. The first-order valence-electron chi connectivity index (χ1n) is 7.69. The third-order valence-electron chi connectivity index (χ3n) is 3.57. The molecular weight excluding hydrogens is 298 g/mol. The molecule has 0 bridgehead atoms. The molecule has 7 nitrogen and oxygen atoms in total. The summed E-state index contributed by atoms with van der Waals surface area (Å²) in [6.07, 6.45) is 0.657. The van der Waals surface area contributed by atoms with Crippen LogP contribution in [0.3, 0.4) is 0 Å². The second-order valence-electron chi connectivity index (χ2n) is 5.75. The molecule has 126 valence electrons. The minimum Gasteiger partial charge on any atom is -0.486 e. The molecule has 1 aliphatic heterocycles. The topological polar surface area (TPSA) is 103 Å². The Hall–Kier alpha value is -2.44. The predicted octanol–water partition coefficient (Wildman–Crippen LogP) is 0.809. The molecule has 3 amide bonds. The van der Waals surface area contributed by atoms with E-state index >= 15 is 0 Å². The van der Waals surface area contributed by atoms with Gasteiger partial charge in [0.25, 0.3) is 0 Å². The van der Waals surface area contributed by atoms with Crippen molar-refractivity contribution in [2.75, 3.05) is 19.8 Å². The van der Waals surface area contributed by atoms with Gasteiger partial charge in [-0.05, 0) is 30.0 Å². The first-order valence-corrected chi connectivity index (χ1v) is 7.69. The number of nitrogens with two attached hydrogens (primary N) is 1. The van der Waals surface area contributed by atoms with E-state index in [2.05, 4.69) is 10.6 Å². The number of fused-ring (bicyclic) bond motifs is 1. The van der Waals surface area contributed by atoms with Crippen LogP contribution >= 0.6 is 0 Å². The van der Waals surface area contributed by atoms with Crippen LogP contribution in [0, 0.1) is 5.92 Å². The van der Waals surface area contributed by atoms with Crippen LogP contribution in [0.25, 0.3) is 0 Å². The van der Waals surface area contributed by atoms with Gasteiger partial charge >= 0.3 is 6.03 Å². The zero-order valence-electron chi connectivity index (χ0n) is 13.4. The van der Waals surface area contributed by atoms with Gasteiger partial charge in [0.1, 0.15) is 19.3 Å². The summed E-state index contributed by atoms with van der Waals surface area (Å²) in [6.45, 7) is 5.26. The van der Waals surface area contributed by atoms with Gasteiger partial charge in [0, 0.05) is 6.54 Å². The Morgan fingerprint density at radius 3 is 2.57 bits per heavy atom. The van der Waals surface area contributed by atoms with Crippen molar-refractivity contribution in [1.82, 2.24) is 10.6 Å². The van der Waals surface area contributed by atoms with Crippen LogP contribution in [0.15, 0.2) is 18.2 Å². The van der Waals surface area contributed by atoms with Crippen molar-refractivity contribution in [3.63, 3.8) is 0 Å². The number of nitrogens with one attached hydrogen (secondary N) is 2. The van der Waals surface area contributed by atoms with Crippen molar-refractivity contribution in [2.24, 2.45) is 11.7 Å². The number of hydrogen-bond acceptors (Lipinski definition) is 4. The average molecular weight is 321 g/mol. The average Bonchev–Trinajstić information content (AvgIpc) is 2.52. The standard InChI is InChI=1S/C16H23N3O4/c1-10(2)14(19-16(17)21)15(20)18-6-5-11-3-4-12-13(9-11)23-8-7-22-12/h3-4,9-10,14H,5-8H2,1-2H3,(H,18,20)(H3,17,19,21)/t14-/m0/s1. The molecule has 0 spiro atoms. The lowest BCUT2D eigenvalue weighted by Crippen LogP contribution is -2.51. The van der Waals surface area contributed by atoms with E-state index in [9.17, 15) is 9.59 Å². The van der Waals surface area contributed by atoms with Gasteiger partial charge in [0.15, 0.2) is 11.5 Å². The zero-order chi connectivity index (χ0) is 16.8. The summed E-state index contributed by atoms with van der Waals surface area (Å²) in [4.78, 5) is 23.1. The smallest absolute Gasteiger partial charge is 0.312 e. The summed E-state index contributed by atoms with van der Waals surface area (Å²) in [5.74, 6) is 1.19. The largest absolute Gasteiger partial charge is 0.486 e. The molecule has 0 radical (unpaired) electrons. The van der Waals surface area contributed by atoms with Gasteiger partial charge in [-0.3, -0.25) is 4.79 Å².